The van der Waals surface area contributed by atoms with Crippen molar-refractivity contribution < 1.29 is 13.2 Å². The van der Waals surface area contributed by atoms with E-state index in [4.69, 9.17) is 23.2 Å². The molecule has 0 unspecified atom stereocenters. The number of carbonyl (C=O) groups excluding carboxylic acids is 1. The van der Waals surface area contributed by atoms with E-state index < -0.39 is 15.7 Å². The highest BCUT2D eigenvalue weighted by atomic mass is 35.5. The van der Waals surface area contributed by atoms with E-state index in [9.17, 15) is 13.2 Å². The molecule has 0 saturated carbocycles. The molecule has 2 aromatic heterocycles. The maximum absolute atomic E-state index is 12.9. The molecule has 0 fully saturated rings. The number of aromatic nitrogens is 2. The van der Waals surface area contributed by atoms with Crippen LogP contribution in [0.25, 0.3) is 0 Å². The largest absolute Gasteiger partial charge is 0.296 e. The number of pyridine rings is 1. The first-order chi connectivity index (χ1) is 13.3. The van der Waals surface area contributed by atoms with Crippen LogP contribution in [0.4, 0.5) is 5.13 Å². The number of thiazole rings is 1. The number of sulfone groups is 1. The van der Waals surface area contributed by atoms with Crippen molar-refractivity contribution in [2.45, 2.75) is 23.3 Å². The third kappa shape index (κ3) is 4.70. The maximum Gasteiger partial charge on any atom is 0.276 e. The maximum atomic E-state index is 12.9. The minimum Gasteiger partial charge on any atom is -0.296 e. The Bertz CT molecular complexity index is 1120. The highest BCUT2D eigenvalue weighted by molar-refractivity contribution is 7.92. The lowest BCUT2D eigenvalue weighted by atomic mass is 10.2. The molecule has 0 saturated heterocycles. The Balaban J connectivity index is 1.88. The Morgan fingerprint density at radius 3 is 2.64 bits per heavy atom. The zero-order valence-electron chi connectivity index (χ0n) is 14.6. The summed E-state index contributed by atoms with van der Waals surface area (Å²) in [6.07, 6.45) is 1.90. The standard InChI is InChI=1S/C18H15Cl2N3O3S2/c1-2-14-17(28(25,26)10-11-6-7-12(19)9-13(11)20)27-18(22-14)23-16(24)15-5-3-4-8-21-15/h3-9H,2,10H2,1H3,(H,22,23,24). The van der Waals surface area contributed by atoms with Gasteiger partial charge in [0.2, 0.25) is 0 Å². The highest BCUT2D eigenvalue weighted by Crippen LogP contribution is 2.32. The van der Waals surface area contributed by atoms with E-state index in [0.29, 0.717) is 22.7 Å². The van der Waals surface area contributed by atoms with Gasteiger partial charge in [0.05, 0.1) is 11.4 Å². The number of hydrogen-bond acceptors (Lipinski definition) is 6. The van der Waals surface area contributed by atoms with Gasteiger partial charge in [-0.2, -0.15) is 0 Å². The van der Waals surface area contributed by atoms with E-state index in [-0.39, 0.29) is 25.8 Å². The zero-order valence-corrected chi connectivity index (χ0v) is 17.8. The quantitative estimate of drug-likeness (QED) is 0.584. The Labute approximate surface area is 176 Å². The summed E-state index contributed by atoms with van der Waals surface area (Å²) in [5, 5.41) is 3.52. The van der Waals surface area contributed by atoms with Crippen LogP contribution in [0.15, 0.2) is 46.8 Å². The summed E-state index contributed by atoms with van der Waals surface area (Å²) in [6.45, 7) is 1.80. The van der Waals surface area contributed by atoms with Crippen LogP contribution in [0.2, 0.25) is 10.0 Å². The van der Waals surface area contributed by atoms with Crippen LogP contribution in [-0.2, 0) is 22.0 Å². The Kier molecular flexibility index (Phi) is 6.34. The molecule has 1 N–H and O–H groups in total. The summed E-state index contributed by atoms with van der Waals surface area (Å²) in [5.41, 5.74) is 1.06. The van der Waals surface area contributed by atoms with Gasteiger partial charge >= 0.3 is 0 Å². The normalized spacial score (nSPS) is 11.4. The minimum atomic E-state index is -3.71. The van der Waals surface area contributed by atoms with Gasteiger partial charge in [-0.25, -0.2) is 13.4 Å². The van der Waals surface area contributed by atoms with Crippen molar-refractivity contribution in [1.82, 2.24) is 9.97 Å². The number of aryl methyl sites for hydroxylation is 1. The molecule has 146 valence electrons. The fourth-order valence-corrected chi connectivity index (χ4v) is 6.03. The fourth-order valence-electron chi connectivity index (χ4n) is 2.42. The second-order valence-corrected chi connectivity index (χ2v) is 9.80. The van der Waals surface area contributed by atoms with Crippen molar-refractivity contribution in [3.05, 3.63) is 69.6 Å². The molecule has 0 aliphatic carbocycles. The van der Waals surface area contributed by atoms with Crippen LogP contribution in [0.5, 0.6) is 0 Å². The molecule has 2 heterocycles. The molecule has 3 aromatic rings. The molecule has 3 rings (SSSR count). The summed E-state index contributed by atoms with van der Waals surface area (Å²) < 4.78 is 26.0. The topological polar surface area (TPSA) is 89.0 Å². The van der Waals surface area contributed by atoms with Crippen molar-refractivity contribution in [2.75, 3.05) is 5.32 Å². The number of nitrogens with zero attached hydrogens (tertiary/aromatic N) is 2. The molecule has 10 heteroatoms. The molecular weight excluding hydrogens is 441 g/mol. The van der Waals surface area contributed by atoms with Gasteiger partial charge in [-0.3, -0.25) is 15.1 Å². The number of halogens is 2. The van der Waals surface area contributed by atoms with E-state index in [0.717, 1.165) is 11.3 Å². The predicted molar refractivity (Wildman–Crippen MR) is 111 cm³/mol. The van der Waals surface area contributed by atoms with Gasteiger partial charge in [0, 0.05) is 16.2 Å². The van der Waals surface area contributed by atoms with Gasteiger partial charge < -0.3 is 0 Å². The van der Waals surface area contributed by atoms with Crippen LogP contribution < -0.4 is 5.32 Å². The molecule has 0 aliphatic rings. The molecule has 0 aliphatic heterocycles. The van der Waals surface area contributed by atoms with Crippen LogP contribution in [0.3, 0.4) is 0 Å². The van der Waals surface area contributed by atoms with Crippen molar-refractivity contribution in [2.24, 2.45) is 0 Å². The van der Waals surface area contributed by atoms with Gasteiger partial charge in [-0.05, 0) is 36.2 Å². The lowest BCUT2D eigenvalue weighted by Gasteiger charge is -2.06. The van der Waals surface area contributed by atoms with Gasteiger partial charge in [-0.15, -0.1) is 0 Å². The number of anilines is 1. The molecular formula is C18H15Cl2N3O3S2. The number of benzene rings is 1. The number of nitrogens with one attached hydrogen (secondary N) is 1. The predicted octanol–water partition coefficient (Wildman–Crippen LogP) is 4.63. The Morgan fingerprint density at radius 2 is 2.00 bits per heavy atom. The smallest absolute Gasteiger partial charge is 0.276 e. The SMILES string of the molecule is CCc1nc(NC(=O)c2ccccn2)sc1S(=O)(=O)Cc1ccc(Cl)cc1Cl. The lowest BCUT2D eigenvalue weighted by Crippen LogP contribution is -2.13. The molecule has 6 nitrogen and oxygen atoms in total. The molecule has 0 radical (unpaired) electrons. The molecule has 1 amide bonds. The molecule has 28 heavy (non-hydrogen) atoms. The van der Waals surface area contributed by atoms with Crippen LogP contribution in [-0.4, -0.2) is 24.3 Å². The van der Waals surface area contributed by atoms with Gasteiger partial charge in [0.25, 0.3) is 5.91 Å². The van der Waals surface area contributed by atoms with Crippen LogP contribution in [0, 0.1) is 0 Å². The summed E-state index contributed by atoms with van der Waals surface area (Å²) in [7, 11) is -3.71. The minimum absolute atomic E-state index is 0.109. The summed E-state index contributed by atoms with van der Waals surface area (Å²) in [5.74, 6) is -0.743. The van der Waals surface area contributed by atoms with E-state index in [1.165, 1.54) is 12.3 Å². The average Bonchev–Trinajstić information content (AvgIpc) is 3.08. The van der Waals surface area contributed by atoms with E-state index >= 15 is 0 Å². The number of rotatable bonds is 6. The summed E-state index contributed by atoms with van der Waals surface area (Å²) >= 11 is 12.9. The molecule has 1 aromatic carbocycles. The summed E-state index contributed by atoms with van der Waals surface area (Å²) in [4.78, 5) is 20.5. The first-order valence-electron chi connectivity index (χ1n) is 8.19. The highest BCUT2D eigenvalue weighted by Gasteiger charge is 2.25. The third-order valence-electron chi connectivity index (χ3n) is 3.76. The first kappa shape index (κ1) is 20.7. The lowest BCUT2D eigenvalue weighted by molar-refractivity contribution is 0.102. The Hall–Kier alpha value is -2.00. The van der Waals surface area contributed by atoms with Crippen molar-refractivity contribution in [3.8, 4) is 0 Å². The van der Waals surface area contributed by atoms with Crippen molar-refractivity contribution in [3.63, 3.8) is 0 Å². The Morgan fingerprint density at radius 1 is 1.21 bits per heavy atom. The average molecular weight is 456 g/mol. The second kappa shape index (κ2) is 8.57. The monoisotopic (exact) mass is 455 g/mol. The van der Waals surface area contributed by atoms with Crippen LogP contribution >= 0.6 is 34.5 Å². The van der Waals surface area contributed by atoms with E-state index in [2.05, 4.69) is 15.3 Å². The number of amides is 1. The van der Waals surface area contributed by atoms with Crippen molar-refractivity contribution in [1.29, 1.82) is 0 Å². The van der Waals surface area contributed by atoms with Gasteiger partial charge in [-0.1, -0.05) is 53.6 Å². The molecule has 0 bridgehead atoms. The van der Waals surface area contributed by atoms with E-state index in [1.54, 1.807) is 37.3 Å². The van der Waals surface area contributed by atoms with Gasteiger partial charge in [0.1, 0.15) is 9.90 Å². The van der Waals surface area contributed by atoms with Gasteiger partial charge in [0.15, 0.2) is 15.0 Å². The third-order valence-corrected chi connectivity index (χ3v) is 7.66. The van der Waals surface area contributed by atoms with Crippen molar-refractivity contribution >= 4 is 55.4 Å². The molecule has 0 atom stereocenters. The second-order valence-electron chi connectivity index (χ2n) is 5.77. The first-order valence-corrected chi connectivity index (χ1v) is 11.4. The molecule has 0 spiro atoms. The fraction of sp³-hybridized carbons (Fsp3) is 0.167. The zero-order chi connectivity index (χ0) is 20.3. The number of hydrogen-bond donors (Lipinski definition) is 1. The summed E-state index contributed by atoms with van der Waals surface area (Å²) in [6, 6.07) is 9.61. The van der Waals surface area contributed by atoms with Crippen LogP contribution in [0.1, 0.15) is 28.7 Å². The number of carbonyl (C=O) groups is 1. The van der Waals surface area contributed by atoms with E-state index in [1.807, 2.05) is 0 Å².